The molecule has 0 fully saturated rings. The molecule has 0 spiro atoms. The van der Waals surface area contributed by atoms with Crippen molar-refractivity contribution in [3.05, 3.63) is 60.3 Å². The van der Waals surface area contributed by atoms with E-state index in [4.69, 9.17) is 4.74 Å². The summed E-state index contributed by atoms with van der Waals surface area (Å²) in [6, 6.07) is 11.7. The second-order valence-electron chi connectivity index (χ2n) is 4.88. The Balaban J connectivity index is 1.66. The molecule has 0 saturated carbocycles. The lowest BCUT2D eigenvalue weighted by atomic mass is 10.2. The monoisotopic (exact) mass is 311 g/mol. The zero-order valence-electron chi connectivity index (χ0n) is 12.5. The Morgan fingerprint density at radius 1 is 1.09 bits per heavy atom. The fourth-order valence-corrected chi connectivity index (χ4v) is 2.22. The topological polar surface area (TPSA) is 86.0 Å². The molecule has 0 aliphatic rings. The summed E-state index contributed by atoms with van der Waals surface area (Å²) in [6.07, 6.45) is 3.10. The number of hydrogen-bond acceptors (Lipinski definition) is 6. The van der Waals surface area contributed by atoms with Gasteiger partial charge >= 0.3 is 0 Å². The zero-order valence-corrected chi connectivity index (χ0v) is 12.5. The average Bonchev–Trinajstić information content (AvgIpc) is 3.03. The Bertz CT molecular complexity index is 731. The number of hydrogen-bond donors (Lipinski definition) is 1. The number of benzene rings is 1. The molecule has 0 amide bonds. The number of rotatable bonds is 7. The van der Waals surface area contributed by atoms with Crippen molar-refractivity contribution in [2.24, 2.45) is 0 Å². The van der Waals surface area contributed by atoms with Crippen LogP contribution in [-0.2, 0) is 24.5 Å². The van der Waals surface area contributed by atoms with Crippen molar-refractivity contribution in [1.82, 2.24) is 24.7 Å². The highest BCUT2D eigenvalue weighted by atomic mass is 16.5. The number of nitrogens with zero attached hydrogens (tertiary/aromatic N) is 5. The van der Waals surface area contributed by atoms with Gasteiger partial charge in [-0.05, 0) is 11.6 Å². The van der Waals surface area contributed by atoms with Gasteiger partial charge in [0, 0.05) is 12.7 Å². The SMILES string of the molecule is OCc1nnc(-c2ccncn2)n1CCOCc1ccccc1. The van der Waals surface area contributed by atoms with Gasteiger partial charge in [-0.2, -0.15) is 0 Å². The van der Waals surface area contributed by atoms with E-state index in [-0.39, 0.29) is 6.61 Å². The molecule has 2 heterocycles. The third-order valence-electron chi connectivity index (χ3n) is 3.35. The maximum atomic E-state index is 9.42. The smallest absolute Gasteiger partial charge is 0.182 e. The molecule has 0 unspecified atom stereocenters. The van der Waals surface area contributed by atoms with E-state index in [2.05, 4.69) is 20.2 Å². The number of aromatic nitrogens is 5. The largest absolute Gasteiger partial charge is 0.388 e. The van der Waals surface area contributed by atoms with E-state index in [1.807, 2.05) is 34.9 Å². The zero-order chi connectivity index (χ0) is 15.9. The summed E-state index contributed by atoms with van der Waals surface area (Å²) < 4.78 is 7.51. The van der Waals surface area contributed by atoms with Crippen LogP contribution >= 0.6 is 0 Å². The van der Waals surface area contributed by atoms with E-state index in [9.17, 15) is 5.11 Å². The van der Waals surface area contributed by atoms with Crippen molar-refractivity contribution in [2.45, 2.75) is 19.8 Å². The van der Waals surface area contributed by atoms with Gasteiger partial charge in [-0.3, -0.25) is 0 Å². The van der Waals surface area contributed by atoms with Gasteiger partial charge in [0.1, 0.15) is 18.6 Å². The highest BCUT2D eigenvalue weighted by Crippen LogP contribution is 2.15. The normalized spacial score (nSPS) is 10.8. The molecule has 118 valence electrons. The molecule has 0 aliphatic heterocycles. The Morgan fingerprint density at radius 3 is 2.70 bits per heavy atom. The van der Waals surface area contributed by atoms with Crippen LogP contribution in [0.25, 0.3) is 11.5 Å². The van der Waals surface area contributed by atoms with Crippen LogP contribution in [0.2, 0.25) is 0 Å². The van der Waals surface area contributed by atoms with Crippen molar-refractivity contribution in [3.63, 3.8) is 0 Å². The first-order valence-corrected chi connectivity index (χ1v) is 7.29. The first kappa shape index (κ1) is 15.3. The summed E-state index contributed by atoms with van der Waals surface area (Å²) in [5.41, 5.74) is 1.78. The van der Waals surface area contributed by atoms with Crippen molar-refractivity contribution < 1.29 is 9.84 Å². The van der Waals surface area contributed by atoms with E-state index in [1.165, 1.54) is 6.33 Å². The summed E-state index contributed by atoms with van der Waals surface area (Å²) >= 11 is 0. The Morgan fingerprint density at radius 2 is 1.96 bits per heavy atom. The summed E-state index contributed by atoms with van der Waals surface area (Å²) in [6.45, 7) is 1.38. The molecule has 3 aromatic rings. The summed E-state index contributed by atoms with van der Waals surface area (Å²) in [7, 11) is 0. The van der Waals surface area contributed by atoms with Crippen LogP contribution < -0.4 is 0 Å². The van der Waals surface area contributed by atoms with Gasteiger partial charge < -0.3 is 14.4 Å². The van der Waals surface area contributed by atoms with E-state index in [0.717, 1.165) is 5.56 Å². The van der Waals surface area contributed by atoms with Gasteiger partial charge in [0.2, 0.25) is 0 Å². The second-order valence-corrected chi connectivity index (χ2v) is 4.88. The second kappa shape index (κ2) is 7.57. The average molecular weight is 311 g/mol. The third-order valence-corrected chi connectivity index (χ3v) is 3.35. The van der Waals surface area contributed by atoms with Crippen LogP contribution in [0, 0.1) is 0 Å². The fourth-order valence-electron chi connectivity index (χ4n) is 2.22. The predicted octanol–water partition coefficient (Wildman–Crippen LogP) is 1.44. The van der Waals surface area contributed by atoms with Crippen molar-refractivity contribution in [3.8, 4) is 11.5 Å². The van der Waals surface area contributed by atoms with Crippen LogP contribution in [-0.4, -0.2) is 36.4 Å². The molecule has 0 atom stereocenters. The van der Waals surface area contributed by atoms with Gasteiger partial charge in [0.05, 0.1) is 13.2 Å². The van der Waals surface area contributed by atoms with Crippen LogP contribution in [0.5, 0.6) is 0 Å². The van der Waals surface area contributed by atoms with Gasteiger partial charge in [0.15, 0.2) is 11.6 Å². The maximum absolute atomic E-state index is 9.42. The first-order chi connectivity index (χ1) is 11.4. The Labute approximate surface area is 133 Å². The molecule has 1 N–H and O–H groups in total. The minimum atomic E-state index is -0.184. The minimum Gasteiger partial charge on any atom is -0.388 e. The highest BCUT2D eigenvalue weighted by molar-refractivity contribution is 5.48. The van der Waals surface area contributed by atoms with E-state index < -0.39 is 0 Å². The van der Waals surface area contributed by atoms with Gasteiger partial charge in [-0.25, -0.2) is 9.97 Å². The molecule has 1 aromatic carbocycles. The molecule has 0 bridgehead atoms. The lowest BCUT2D eigenvalue weighted by Crippen LogP contribution is -2.11. The maximum Gasteiger partial charge on any atom is 0.182 e. The minimum absolute atomic E-state index is 0.184. The first-order valence-electron chi connectivity index (χ1n) is 7.29. The molecule has 7 nitrogen and oxygen atoms in total. The summed E-state index contributed by atoms with van der Waals surface area (Å²) in [5.74, 6) is 1.08. The van der Waals surface area contributed by atoms with E-state index in [0.29, 0.717) is 37.1 Å². The number of aliphatic hydroxyl groups is 1. The Hall–Kier alpha value is -2.64. The van der Waals surface area contributed by atoms with Crippen LogP contribution in [0.3, 0.4) is 0 Å². The lowest BCUT2D eigenvalue weighted by Gasteiger charge is -2.09. The van der Waals surface area contributed by atoms with Crippen LogP contribution in [0.4, 0.5) is 0 Å². The highest BCUT2D eigenvalue weighted by Gasteiger charge is 2.13. The van der Waals surface area contributed by atoms with Gasteiger partial charge in [0.25, 0.3) is 0 Å². The molecule has 2 aromatic heterocycles. The quantitative estimate of drug-likeness (QED) is 0.665. The standard InChI is InChI=1S/C16H17N5O2/c22-10-15-19-20-16(14-6-7-17-12-18-14)21(15)8-9-23-11-13-4-2-1-3-5-13/h1-7,12,22H,8-11H2. The number of aliphatic hydroxyl groups excluding tert-OH is 1. The van der Waals surface area contributed by atoms with Crippen molar-refractivity contribution >= 4 is 0 Å². The molecule has 3 rings (SSSR count). The predicted molar refractivity (Wildman–Crippen MR) is 83.1 cm³/mol. The summed E-state index contributed by atoms with van der Waals surface area (Å²) in [4.78, 5) is 8.07. The third kappa shape index (κ3) is 3.77. The Kier molecular flexibility index (Phi) is 5.02. The van der Waals surface area contributed by atoms with Gasteiger partial charge in [-0.1, -0.05) is 30.3 Å². The lowest BCUT2D eigenvalue weighted by molar-refractivity contribution is 0.112. The van der Waals surface area contributed by atoms with E-state index >= 15 is 0 Å². The van der Waals surface area contributed by atoms with Crippen molar-refractivity contribution in [2.75, 3.05) is 6.61 Å². The molecule has 7 heteroatoms. The van der Waals surface area contributed by atoms with Crippen molar-refractivity contribution in [1.29, 1.82) is 0 Å². The molecule has 0 aliphatic carbocycles. The summed E-state index contributed by atoms with van der Waals surface area (Å²) in [5, 5.41) is 17.5. The molecule has 0 saturated heterocycles. The van der Waals surface area contributed by atoms with Gasteiger partial charge in [-0.15, -0.1) is 10.2 Å². The molecular weight excluding hydrogens is 294 g/mol. The molecule has 0 radical (unpaired) electrons. The molecular formula is C16H17N5O2. The van der Waals surface area contributed by atoms with E-state index in [1.54, 1.807) is 12.3 Å². The fraction of sp³-hybridized carbons (Fsp3) is 0.250. The van der Waals surface area contributed by atoms with Crippen LogP contribution in [0.1, 0.15) is 11.4 Å². The molecule has 23 heavy (non-hydrogen) atoms. The van der Waals surface area contributed by atoms with Crippen LogP contribution in [0.15, 0.2) is 48.9 Å². The number of ether oxygens (including phenoxy) is 1.